The van der Waals surface area contributed by atoms with Crippen LogP contribution in [0.15, 0.2) is 41.5 Å². The Bertz CT molecular complexity index is 792. The Hall–Kier alpha value is -2.74. The minimum Gasteiger partial charge on any atom is -0.280 e. The zero-order valence-corrected chi connectivity index (χ0v) is 12.9. The molecule has 0 saturated carbocycles. The maximum atomic E-state index is 13.3. The third kappa shape index (κ3) is 3.37. The van der Waals surface area contributed by atoms with Crippen molar-refractivity contribution in [1.29, 1.82) is 5.26 Å². The van der Waals surface area contributed by atoms with Crippen molar-refractivity contribution < 1.29 is 4.39 Å². The van der Waals surface area contributed by atoms with Gasteiger partial charge < -0.3 is 0 Å². The smallest absolute Gasteiger partial charge is 0.182 e. The number of nitrogens with one attached hydrogen (secondary N) is 1. The summed E-state index contributed by atoms with van der Waals surface area (Å²) >= 11 is 0. The second kappa shape index (κ2) is 6.57. The molecule has 1 aromatic carbocycles. The third-order valence-electron chi connectivity index (χ3n) is 4.14. The van der Waals surface area contributed by atoms with Crippen LogP contribution in [0.1, 0.15) is 34.8 Å². The molecule has 4 nitrogen and oxygen atoms in total. The van der Waals surface area contributed by atoms with Gasteiger partial charge in [-0.05, 0) is 54.7 Å². The minimum absolute atomic E-state index is 0.0292. The Balaban J connectivity index is 1.87. The normalized spacial score (nSPS) is 16.7. The molecule has 1 heterocycles. The number of pyridine rings is 1. The van der Waals surface area contributed by atoms with Gasteiger partial charge in [0.05, 0.1) is 6.04 Å². The van der Waals surface area contributed by atoms with Crippen molar-refractivity contribution >= 4 is 5.84 Å². The number of amidine groups is 1. The summed E-state index contributed by atoms with van der Waals surface area (Å²) in [7, 11) is 0. The van der Waals surface area contributed by atoms with Crippen molar-refractivity contribution in [2.75, 3.05) is 0 Å². The van der Waals surface area contributed by atoms with E-state index in [4.69, 9.17) is 10.3 Å². The minimum atomic E-state index is -0.213. The molecule has 23 heavy (non-hydrogen) atoms. The van der Waals surface area contributed by atoms with Gasteiger partial charge in [-0.25, -0.2) is 4.39 Å². The second-order valence-electron chi connectivity index (χ2n) is 5.63. The Morgan fingerprint density at radius 3 is 3.13 bits per heavy atom. The predicted octanol–water partition coefficient (Wildman–Crippen LogP) is 3.23. The number of nitriles is 1. The van der Waals surface area contributed by atoms with Crippen molar-refractivity contribution in [2.24, 2.45) is 4.99 Å². The van der Waals surface area contributed by atoms with Crippen molar-refractivity contribution in [3.05, 3.63) is 64.7 Å². The molecule has 0 fully saturated rings. The second-order valence-corrected chi connectivity index (χ2v) is 5.63. The standard InChI is InChI=1S/C18H17FN4/c1-12-13(3-2-8-21-12)10-18(22-11-20)23-17-7-4-14-9-15(19)5-6-16(14)17/h2-3,5-6,8-9,17H,4,7,10H2,1H3,(H,22,23). The van der Waals surface area contributed by atoms with Gasteiger partial charge in [-0.15, -0.1) is 0 Å². The number of nitrogens with zero attached hydrogens (tertiary/aromatic N) is 3. The number of benzene rings is 1. The van der Waals surface area contributed by atoms with Crippen LogP contribution in [0.2, 0.25) is 0 Å². The maximum absolute atomic E-state index is 13.3. The lowest BCUT2D eigenvalue weighted by Gasteiger charge is -2.11. The van der Waals surface area contributed by atoms with Crippen molar-refractivity contribution in [3.63, 3.8) is 0 Å². The topological polar surface area (TPSA) is 61.1 Å². The molecule has 0 saturated heterocycles. The molecule has 1 unspecified atom stereocenters. The van der Waals surface area contributed by atoms with Crippen LogP contribution >= 0.6 is 0 Å². The Morgan fingerprint density at radius 2 is 2.35 bits per heavy atom. The monoisotopic (exact) mass is 308 g/mol. The lowest BCUT2D eigenvalue weighted by Crippen LogP contribution is -2.22. The highest BCUT2D eigenvalue weighted by Gasteiger charge is 2.23. The number of hydrogen-bond donors (Lipinski definition) is 1. The Morgan fingerprint density at radius 1 is 1.48 bits per heavy atom. The molecular formula is C18H17FN4. The average Bonchev–Trinajstić information content (AvgIpc) is 2.92. The molecule has 2 aromatic rings. The molecule has 116 valence electrons. The molecular weight excluding hydrogens is 291 g/mol. The van der Waals surface area contributed by atoms with Crippen LogP contribution in [-0.2, 0) is 12.8 Å². The first-order valence-corrected chi connectivity index (χ1v) is 7.58. The van der Waals surface area contributed by atoms with Gasteiger partial charge in [0.1, 0.15) is 11.7 Å². The van der Waals surface area contributed by atoms with Gasteiger partial charge in [0.25, 0.3) is 0 Å². The number of aliphatic imine (C=N–C) groups is 1. The fourth-order valence-corrected chi connectivity index (χ4v) is 2.96. The molecule has 1 aliphatic carbocycles. The van der Waals surface area contributed by atoms with Crippen LogP contribution in [0, 0.1) is 24.2 Å². The van der Waals surface area contributed by atoms with Gasteiger partial charge in [-0.2, -0.15) is 5.26 Å². The van der Waals surface area contributed by atoms with Crippen LogP contribution in [0.3, 0.4) is 0 Å². The maximum Gasteiger partial charge on any atom is 0.182 e. The lowest BCUT2D eigenvalue weighted by molar-refractivity contribution is 0.625. The largest absolute Gasteiger partial charge is 0.280 e. The van der Waals surface area contributed by atoms with E-state index in [9.17, 15) is 4.39 Å². The van der Waals surface area contributed by atoms with Crippen LogP contribution < -0.4 is 5.32 Å². The van der Waals surface area contributed by atoms with E-state index in [1.807, 2.05) is 25.2 Å². The zero-order chi connectivity index (χ0) is 16.2. The highest BCUT2D eigenvalue weighted by atomic mass is 19.1. The molecule has 0 bridgehead atoms. The summed E-state index contributed by atoms with van der Waals surface area (Å²) in [6.07, 6.45) is 5.87. The predicted molar refractivity (Wildman–Crippen MR) is 86.3 cm³/mol. The first-order chi connectivity index (χ1) is 11.2. The fraction of sp³-hybridized carbons (Fsp3) is 0.278. The van der Waals surface area contributed by atoms with Gasteiger partial charge in [-0.3, -0.25) is 15.3 Å². The summed E-state index contributed by atoms with van der Waals surface area (Å²) in [6.45, 7) is 1.94. The number of hydrogen-bond acceptors (Lipinski definition) is 3. The average molecular weight is 308 g/mol. The van der Waals surface area contributed by atoms with Gasteiger partial charge in [0, 0.05) is 18.3 Å². The number of aryl methyl sites for hydroxylation is 2. The van der Waals surface area contributed by atoms with Gasteiger partial charge in [-0.1, -0.05) is 12.1 Å². The molecule has 0 radical (unpaired) electrons. The van der Waals surface area contributed by atoms with E-state index < -0.39 is 0 Å². The summed E-state index contributed by atoms with van der Waals surface area (Å²) in [5, 5.41) is 11.7. The first kappa shape index (κ1) is 15.2. The molecule has 0 amide bonds. The van der Waals surface area contributed by atoms with Gasteiger partial charge >= 0.3 is 0 Å². The van der Waals surface area contributed by atoms with E-state index in [0.717, 1.165) is 35.2 Å². The summed E-state index contributed by atoms with van der Waals surface area (Å²) in [6, 6.07) is 8.67. The Kier molecular flexibility index (Phi) is 4.33. The van der Waals surface area contributed by atoms with E-state index >= 15 is 0 Å². The summed E-state index contributed by atoms with van der Waals surface area (Å²) in [5.74, 6) is 0.403. The van der Waals surface area contributed by atoms with E-state index in [1.54, 1.807) is 18.3 Å². The number of aromatic nitrogens is 1. The summed E-state index contributed by atoms with van der Waals surface area (Å²) in [4.78, 5) is 8.97. The molecule has 0 aliphatic heterocycles. The number of rotatable bonds is 3. The fourth-order valence-electron chi connectivity index (χ4n) is 2.96. The van der Waals surface area contributed by atoms with E-state index in [-0.39, 0.29) is 11.9 Å². The van der Waals surface area contributed by atoms with Crippen LogP contribution in [0.5, 0.6) is 0 Å². The third-order valence-corrected chi connectivity index (χ3v) is 4.14. The molecule has 1 aromatic heterocycles. The first-order valence-electron chi connectivity index (χ1n) is 7.58. The van der Waals surface area contributed by atoms with E-state index in [2.05, 4.69) is 10.3 Å². The van der Waals surface area contributed by atoms with E-state index in [0.29, 0.717) is 12.3 Å². The summed E-state index contributed by atoms with van der Waals surface area (Å²) < 4.78 is 13.3. The van der Waals surface area contributed by atoms with Crippen LogP contribution in [0.4, 0.5) is 4.39 Å². The van der Waals surface area contributed by atoms with Crippen LogP contribution in [-0.4, -0.2) is 10.8 Å². The zero-order valence-electron chi connectivity index (χ0n) is 12.9. The quantitative estimate of drug-likeness (QED) is 0.410. The SMILES string of the molecule is Cc1ncccc1CC(=NC1CCc2cc(F)ccc21)NC#N. The molecule has 1 N–H and O–H groups in total. The lowest BCUT2D eigenvalue weighted by atomic mass is 10.1. The highest BCUT2D eigenvalue weighted by Crippen LogP contribution is 2.34. The van der Waals surface area contributed by atoms with Crippen molar-refractivity contribution in [1.82, 2.24) is 10.3 Å². The highest BCUT2D eigenvalue weighted by molar-refractivity contribution is 5.86. The number of fused-ring (bicyclic) bond motifs is 1. The Labute approximate surface area is 134 Å². The molecule has 5 heteroatoms. The van der Waals surface area contributed by atoms with Crippen LogP contribution in [0.25, 0.3) is 0 Å². The van der Waals surface area contributed by atoms with Gasteiger partial charge in [0.2, 0.25) is 0 Å². The van der Waals surface area contributed by atoms with Gasteiger partial charge in [0.15, 0.2) is 6.19 Å². The van der Waals surface area contributed by atoms with Crippen molar-refractivity contribution in [3.8, 4) is 6.19 Å². The van der Waals surface area contributed by atoms with E-state index in [1.165, 1.54) is 6.07 Å². The number of halogens is 1. The molecule has 0 spiro atoms. The van der Waals surface area contributed by atoms with Crippen molar-refractivity contribution in [2.45, 2.75) is 32.2 Å². The molecule has 3 rings (SSSR count). The molecule has 1 aliphatic rings. The summed E-state index contributed by atoms with van der Waals surface area (Å²) in [5.41, 5.74) is 4.01. The molecule has 1 atom stereocenters.